The van der Waals surface area contributed by atoms with Crippen LogP contribution >= 0.6 is 34.9 Å². The summed E-state index contributed by atoms with van der Waals surface area (Å²) in [5.74, 6) is 5.79. The Morgan fingerprint density at radius 3 is 2.82 bits per heavy atom. The number of thioether (sulfide) groups is 2. The molecule has 4 rings (SSSR count). The number of rotatable bonds is 9. The molecule has 198 valence electrons. The summed E-state index contributed by atoms with van der Waals surface area (Å²) in [5.41, 5.74) is 17.2. The molecular formula is C20H20N10O5S3. The molecule has 4 heterocycles. The van der Waals surface area contributed by atoms with Gasteiger partial charge in [0.25, 0.3) is 11.8 Å². The average molecular weight is 577 g/mol. The third-order valence-corrected chi connectivity index (χ3v) is 8.24. The number of β-lactam (4-membered cyclic amide) rings is 1. The number of oxime groups is 1. The number of carboxylic acids is 1. The molecule has 1 fully saturated rings. The first-order valence-electron chi connectivity index (χ1n) is 10.5. The number of nitrogens with zero attached hydrogens (tertiary/aromatic N) is 5. The zero-order valence-corrected chi connectivity index (χ0v) is 21.8. The van der Waals surface area contributed by atoms with Crippen LogP contribution in [0.1, 0.15) is 5.69 Å². The zero-order chi connectivity index (χ0) is 27.6. The van der Waals surface area contributed by atoms with Crippen molar-refractivity contribution in [3.63, 3.8) is 0 Å². The number of thiazole rings is 1. The minimum absolute atomic E-state index is 0.117. The fourth-order valence-corrected chi connectivity index (χ4v) is 6.49. The van der Waals surface area contributed by atoms with Crippen molar-refractivity contribution < 1.29 is 29.0 Å². The Morgan fingerprint density at radius 1 is 1.39 bits per heavy atom. The molecule has 0 saturated carbocycles. The van der Waals surface area contributed by atoms with Gasteiger partial charge in [-0.25, -0.2) is 4.98 Å². The van der Waals surface area contributed by atoms with Gasteiger partial charge >= 0.3 is 5.16 Å². The fraction of sp³-hybridized carbons (Fsp3) is 0.250. The summed E-state index contributed by atoms with van der Waals surface area (Å²) < 4.78 is 1.11. The Kier molecular flexibility index (Phi) is 7.80. The summed E-state index contributed by atoms with van der Waals surface area (Å²) in [4.78, 5) is 52.1. The standard InChI is InChI=1S/C20H20N10O5S3/c1-2-3-35-28-12(9-7-37-19(23)25-9)15(31)27-13-16(32)29-14(18(33)34)8(5-36-17(13)29)6-38-20-26-10(21)4-11(22)30(20)24/h1,4,7,13,17H,3,5-6,24H2,(H7,21,22,23,25,27,31,33,34)/b28-12-. The number of amides is 2. The van der Waals surface area contributed by atoms with Gasteiger partial charge in [0.2, 0.25) is 11.6 Å². The number of carbonyl (C=O) groups is 3. The molecule has 2 atom stereocenters. The van der Waals surface area contributed by atoms with Gasteiger partial charge in [-0.05, 0) is 17.3 Å². The lowest BCUT2D eigenvalue weighted by molar-refractivity contribution is -0.667. The molecule has 2 amide bonds. The maximum Gasteiger partial charge on any atom is 0.322 e. The van der Waals surface area contributed by atoms with Crippen molar-refractivity contribution >= 4 is 75.1 Å². The van der Waals surface area contributed by atoms with E-state index in [9.17, 15) is 19.5 Å². The van der Waals surface area contributed by atoms with Gasteiger partial charge in [-0.2, -0.15) is 0 Å². The molecule has 0 bridgehead atoms. The number of aliphatic carboxylic acids is 1. The Bertz CT molecular complexity index is 1420. The minimum Gasteiger partial charge on any atom is -0.543 e. The lowest BCUT2D eigenvalue weighted by Gasteiger charge is -2.50. The second kappa shape index (κ2) is 11.0. The number of fused-ring (bicyclic) bond motifs is 1. The third-order valence-electron chi connectivity index (χ3n) is 5.19. The quantitative estimate of drug-likeness (QED) is 0.0228. The van der Waals surface area contributed by atoms with E-state index in [0.29, 0.717) is 5.57 Å². The molecule has 1 saturated heterocycles. The van der Waals surface area contributed by atoms with Crippen molar-refractivity contribution in [2.45, 2.75) is 16.6 Å². The number of terminal acetylenes is 1. The van der Waals surface area contributed by atoms with E-state index in [1.54, 1.807) is 0 Å². The van der Waals surface area contributed by atoms with Crippen LogP contribution in [0.25, 0.3) is 0 Å². The molecule has 2 aromatic rings. The molecule has 0 aromatic carbocycles. The van der Waals surface area contributed by atoms with E-state index in [2.05, 4.69) is 26.4 Å². The largest absolute Gasteiger partial charge is 0.543 e. The summed E-state index contributed by atoms with van der Waals surface area (Å²) in [6.45, 7) is -0.201. The first-order valence-corrected chi connectivity index (χ1v) is 13.4. The van der Waals surface area contributed by atoms with E-state index >= 15 is 0 Å². The van der Waals surface area contributed by atoms with E-state index in [1.165, 1.54) is 23.2 Å². The Morgan fingerprint density at radius 2 is 2.16 bits per heavy atom. The van der Waals surface area contributed by atoms with Gasteiger partial charge in [0.05, 0.1) is 17.7 Å². The van der Waals surface area contributed by atoms with Crippen molar-refractivity contribution in [1.29, 1.82) is 0 Å². The molecule has 0 spiro atoms. The van der Waals surface area contributed by atoms with Gasteiger partial charge in [0, 0.05) is 16.9 Å². The van der Waals surface area contributed by atoms with Crippen molar-refractivity contribution in [1.82, 2.24) is 20.2 Å². The number of nitrogen functional groups attached to an aromatic ring is 4. The SMILES string of the molecule is C#CCO/N=C(\C(=O)NC1C(=O)N2C(C(=O)[O-])=C(CSc3nc(N)cc(N)[n+]3N)CSC12)c1csc(N)n1. The lowest BCUT2D eigenvalue weighted by Crippen LogP contribution is -2.71. The molecule has 15 nitrogen and oxygen atoms in total. The summed E-state index contributed by atoms with van der Waals surface area (Å²) in [6.07, 6.45) is 5.15. The van der Waals surface area contributed by atoms with Crippen LogP contribution in [-0.4, -0.2) is 67.9 Å². The molecule has 2 aromatic heterocycles. The molecule has 0 aliphatic carbocycles. The van der Waals surface area contributed by atoms with Gasteiger partial charge in [0.15, 0.2) is 17.5 Å². The lowest BCUT2D eigenvalue weighted by atomic mass is 10.0. The summed E-state index contributed by atoms with van der Waals surface area (Å²) in [6, 6.07) is 0.344. The molecule has 38 heavy (non-hydrogen) atoms. The van der Waals surface area contributed by atoms with E-state index in [1.807, 2.05) is 0 Å². The van der Waals surface area contributed by atoms with E-state index in [0.717, 1.165) is 32.7 Å². The van der Waals surface area contributed by atoms with Crippen LogP contribution < -0.4 is 38.1 Å². The Balaban J connectivity index is 1.51. The third kappa shape index (κ3) is 5.25. The van der Waals surface area contributed by atoms with Gasteiger partial charge in [-0.1, -0.05) is 16.1 Å². The molecule has 0 radical (unpaired) electrons. The maximum absolute atomic E-state index is 13.0. The first kappa shape index (κ1) is 26.8. The molecule has 18 heteroatoms. The number of anilines is 3. The van der Waals surface area contributed by atoms with Crippen LogP contribution in [0.5, 0.6) is 0 Å². The monoisotopic (exact) mass is 576 g/mol. The summed E-state index contributed by atoms with van der Waals surface area (Å²) in [7, 11) is 0. The number of nitrogens with two attached hydrogens (primary N) is 4. The number of hydrogen-bond acceptors (Lipinski definition) is 15. The highest BCUT2D eigenvalue weighted by molar-refractivity contribution is 8.01. The van der Waals surface area contributed by atoms with Crippen LogP contribution in [0.3, 0.4) is 0 Å². The number of hydrogen-bond donors (Lipinski definition) is 5. The van der Waals surface area contributed by atoms with Crippen LogP contribution in [0.2, 0.25) is 0 Å². The van der Waals surface area contributed by atoms with Crippen LogP contribution in [-0.2, 0) is 19.2 Å². The highest BCUT2D eigenvalue weighted by Crippen LogP contribution is 2.41. The van der Waals surface area contributed by atoms with Crippen LogP contribution in [0.15, 0.2) is 33.0 Å². The van der Waals surface area contributed by atoms with Gasteiger partial charge in [0.1, 0.15) is 17.1 Å². The smallest absolute Gasteiger partial charge is 0.322 e. The Hall–Kier alpha value is -4.21. The molecule has 2 unspecified atom stereocenters. The number of nitrogens with one attached hydrogen (secondary N) is 1. The summed E-state index contributed by atoms with van der Waals surface area (Å²) >= 11 is 3.44. The predicted molar refractivity (Wildman–Crippen MR) is 139 cm³/mol. The minimum atomic E-state index is -1.53. The van der Waals surface area contributed by atoms with E-state index in [4.69, 9.17) is 34.3 Å². The van der Waals surface area contributed by atoms with Crippen molar-refractivity contribution in [3.8, 4) is 12.3 Å². The first-order chi connectivity index (χ1) is 18.1. The number of carbonyl (C=O) groups excluding carboxylic acids is 3. The van der Waals surface area contributed by atoms with Crippen LogP contribution in [0, 0.1) is 12.3 Å². The second-order valence-electron chi connectivity index (χ2n) is 7.64. The number of aromatic nitrogens is 3. The zero-order valence-electron chi connectivity index (χ0n) is 19.3. The van der Waals surface area contributed by atoms with Crippen molar-refractivity contribution in [2.24, 2.45) is 5.16 Å². The molecular weight excluding hydrogens is 556 g/mol. The highest BCUT2D eigenvalue weighted by atomic mass is 32.2. The topological polar surface area (TPSA) is 245 Å². The van der Waals surface area contributed by atoms with E-state index < -0.39 is 29.2 Å². The van der Waals surface area contributed by atoms with Crippen molar-refractivity contribution in [3.05, 3.63) is 28.4 Å². The summed E-state index contributed by atoms with van der Waals surface area (Å²) in [5, 5.41) is 19.6. The molecule has 2 aliphatic rings. The fourth-order valence-electron chi connectivity index (χ4n) is 3.51. The number of carboxylic acid groups (broad SMARTS) is 1. The second-order valence-corrected chi connectivity index (χ2v) is 10.6. The Labute approximate surface area is 227 Å². The molecule has 2 aliphatic heterocycles. The van der Waals surface area contributed by atoms with Gasteiger partial charge in [-0.15, -0.1) is 34.2 Å². The predicted octanol–water partition coefficient (Wildman–Crippen LogP) is -3.16. The van der Waals surface area contributed by atoms with Crippen LogP contribution in [0.4, 0.5) is 16.8 Å². The van der Waals surface area contributed by atoms with E-state index in [-0.39, 0.29) is 57.1 Å². The average Bonchev–Trinajstić information content (AvgIpc) is 3.31. The van der Waals surface area contributed by atoms with Crippen molar-refractivity contribution in [2.75, 3.05) is 41.2 Å². The normalized spacial score (nSPS) is 18.9. The highest BCUT2D eigenvalue weighted by Gasteiger charge is 2.53. The molecule has 9 N–H and O–H groups in total. The maximum atomic E-state index is 13.0. The van der Waals surface area contributed by atoms with Gasteiger partial charge < -0.3 is 37.3 Å². The van der Waals surface area contributed by atoms with Gasteiger partial charge in [-0.3, -0.25) is 20.3 Å².